The lowest BCUT2D eigenvalue weighted by atomic mass is 9.62. The van der Waals surface area contributed by atoms with Crippen molar-refractivity contribution in [3.05, 3.63) is 64.2 Å². The lowest BCUT2D eigenvalue weighted by molar-refractivity contribution is 0.103. The first-order valence-electron chi connectivity index (χ1n) is 10.2. The summed E-state index contributed by atoms with van der Waals surface area (Å²) in [6.07, 6.45) is 2.25. The van der Waals surface area contributed by atoms with Crippen LogP contribution >= 0.6 is 0 Å². The average molecular weight is 380 g/mol. The Morgan fingerprint density at radius 1 is 0.893 bits per heavy atom. The van der Waals surface area contributed by atoms with Crippen molar-refractivity contribution in [3.8, 4) is 0 Å². The third kappa shape index (κ3) is 4.23. The summed E-state index contributed by atoms with van der Waals surface area (Å²) in [6.45, 7) is 15.1. The van der Waals surface area contributed by atoms with Crippen molar-refractivity contribution < 1.29 is 14.8 Å². The van der Waals surface area contributed by atoms with Crippen molar-refractivity contribution in [1.82, 2.24) is 0 Å². The van der Waals surface area contributed by atoms with Crippen LogP contribution < -0.4 is 5.46 Å². The summed E-state index contributed by atoms with van der Waals surface area (Å²) in [7, 11) is -1.52. The van der Waals surface area contributed by atoms with Gasteiger partial charge in [-0.15, -0.1) is 0 Å². The Hall–Kier alpha value is -1.91. The molecule has 0 amide bonds. The Morgan fingerprint density at radius 2 is 1.36 bits per heavy atom. The van der Waals surface area contributed by atoms with Crippen LogP contribution in [0.15, 0.2) is 36.4 Å². The Balaban J connectivity index is 0.00000136. The van der Waals surface area contributed by atoms with Gasteiger partial charge in [0.2, 0.25) is 0 Å². The summed E-state index contributed by atoms with van der Waals surface area (Å²) in [6, 6.07) is 10.8. The van der Waals surface area contributed by atoms with E-state index in [1.54, 1.807) is 24.3 Å². The van der Waals surface area contributed by atoms with Gasteiger partial charge >= 0.3 is 7.12 Å². The predicted octanol–water partition coefficient (Wildman–Crippen LogP) is 4.28. The van der Waals surface area contributed by atoms with E-state index in [1.807, 2.05) is 20.8 Å². The van der Waals surface area contributed by atoms with Crippen molar-refractivity contribution in [2.75, 3.05) is 0 Å². The molecule has 3 nitrogen and oxygen atoms in total. The molecular formula is C24H33BO3. The number of rotatable bonds is 3. The fourth-order valence-corrected chi connectivity index (χ4v) is 3.93. The predicted molar refractivity (Wildman–Crippen MR) is 118 cm³/mol. The van der Waals surface area contributed by atoms with Crippen LogP contribution in [0, 0.1) is 6.92 Å². The quantitative estimate of drug-likeness (QED) is 0.617. The van der Waals surface area contributed by atoms with E-state index >= 15 is 0 Å². The maximum Gasteiger partial charge on any atom is 0.488 e. The SMILES string of the molecule is CC.Cc1cc2c(cc1C(=O)c1ccc(B(O)O)cc1)C(C)(C)CCC2(C)C. The monoisotopic (exact) mass is 380 g/mol. The van der Waals surface area contributed by atoms with E-state index < -0.39 is 7.12 Å². The molecule has 0 spiro atoms. The standard InChI is InChI=1S/C22H27BO3.C2H6/c1-14-12-18-19(22(4,5)11-10-21(18,2)3)13-17(14)20(24)15-6-8-16(9-7-15)23(25)26;1-2/h6-9,12-13,25-26H,10-11H2,1-5H3;1-2H3. The maximum absolute atomic E-state index is 13.1. The lowest BCUT2D eigenvalue weighted by Gasteiger charge is -2.42. The van der Waals surface area contributed by atoms with Gasteiger partial charge in [-0.05, 0) is 58.8 Å². The van der Waals surface area contributed by atoms with E-state index in [1.165, 1.54) is 11.1 Å². The molecule has 3 rings (SSSR count). The van der Waals surface area contributed by atoms with Gasteiger partial charge in [0.25, 0.3) is 0 Å². The molecule has 0 aromatic heterocycles. The van der Waals surface area contributed by atoms with Gasteiger partial charge in [0.1, 0.15) is 0 Å². The zero-order valence-corrected chi connectivity index (χ0v) is 18.3. The normalized spacial score (nSPS) is 16.5. The number of carbonyl (C=O) groups is 1. The highest BCUT2D eigenvalue weighted by atomic mass is 16.4. The number of hydrogen-bond acceptors (Lipinski definition) is 3. The first-order chi connectivity index (χ1) is 13.0. The Bertz CT molecular complexity index is 849. The first-order valence-corrected chi connectivity index (χ1v) is 10.2. The first kappa shape index (κ1) is 22.4. The summed E-state index contributed by atoms with van der Waals surface area (Å²) in [5.74, 6) is -0.0246. The molecule has 0 saturated carbocycles. The van der Waals surface area contributed by atoms with Crippen LogP contribution in [0.4, 0.5) is 0 Å². The molecule has 0 radical (unpaired) electrons. The number of fused-ring (bicyclic) bond motifs is 1. The minimum Gasteiger partial charge on any atom is -0.423 e. The van der Waals surface area contributed by atoms with E-state index in [2.05, 4.69) is 39.8 Å². The number of hydrogen-bond donors (Lipinski definition) is 2. The van der Waals surface area contributed by atoms with Gasteiger partial charge in [-0.1, -0.05) is 71.9 Å². The molecule has 0 fully saturated rings. The molecule has 2 aromatic carbocycles. The minimum atomic E-state index is -1.52. The van der Waals surface area contributed by atoms with E-state index in [0.717, 1.165) is 24.0 Å². The summed E-state index contributed by atoms with van der Waals surface area (Å²) < 4.78 is 0. The van der Waals surface area contributed by atoms with Crippen molar-refractivity contribution in [1.29, 1.82) is 0 Å². The Morgan fingerprint density at radius 3 is 1.82 bits per heavy atom. The van der Waals surface area contributed by atoms with Gasteiger partial charge < -0.3 is 10.0 Å². The number of carbonyl (C=O) groups excluding carboxylic acids is 1. The highest BCUT2D eigenvalue weighted by Crippen LogP contribution is 2.46. The van der Waals surface area contributed by atoms with Crippen LogP contribution in [0.3, 0.4) is 0 Å². The lowest BCUT2D eigenvalue weighted by Crippen LogP contribution is -2.34. The molecular weight excluding hydrogens is 347 g/mol. The fraction of sp³-hybridized carbons (Fsp3) is 0.458. The van der Waals surface area contributed by atoms with Gasteiger partial charge in [0.15, 0.2) is 5.78 Å². The highest BCUT2D eigenvalue weighted by molar-refractivity contribution is 6.58. The second-order valence-electron chi connectivity index (χ2n) is 8.81. The third-order valence-corrected chi connectivity index (χ3v) is 5.91. The summed E-state index contributed by atoms with van der Waals surface area (Å²) in [5.41, 5.74) is 5.45. The average Bonchev–Trinajstić information content (AvgIpc) is 2.66. The molecule has 1 aliphatic rings. The van der Waals surface area contributed by atoms with Crippen molar-refractivity contribution in [2.45, 2.75) is 72.1 Å². The molecule has 2 N–H and O–H groups in total. The van der Waals surface area contributed by atoms with E-state index in [-0.39, 0.29) is 16.6 Å². The van der Waals surface area contributed by atoms with Crippen LogP contribution in [-0.2, 0) is 10.8 Å². The number of ketones is 1. The van der Waals surface area contributed by atoms with Crippen LogP contribution in [0.1, 0.15) is 87.0 Å². The van der Waals surface area contributed by atoms with Gasteiger partial charge in [-0.25, -0.2) is 0 Å². The zero-order valence-electron chi connectivity index (χ0n) is 18.3. The number of benzene rings is 2. The van der Waals surface area contributed by atoms with E-state index in [0.29, 0.717) is 11.0 Å². The minimum absolute atomic E-state index is 0.0246. The molecule has 2 aromatic rings. The van der Waals surface area contributed by atoms with E-state index in [4.69, 9.17) is 0 Å². The van der Waals surface area contributed by atoms with Crippen molar-refractivity contribution in [2.24, 2.45) is 0 Å². The molecule has 28 heavy (non-hydrogen) atoms. The summed E-state index contributed by atoms with van der Waals surface area (Å²) in [5, 5.41) is 18.4. The Kier molecular flexibility index (Phi) is 6.57. The fourth-order valence-electron chi connectivity index (χ4n) is 3.93. The second kappa shape index (κ2) is 8.22. The highest BCUT2D eigenvalue weighted by Gasteiger charge is 2.37. The smallest absolute Gasteiger partial charge is 0.423 e. The molecule has 0 atom stereocenters. The molecule has 0 aliphatic heterocycles. The summed E-state index contributed by atoms with van der Waals surface area (Å²) >= 11 is 0. The van der Waals surface area contributed by atoms with Crippen LogP contribution in [0.25, 0.3) is 0 Å². The van der Waals surface area contributed by atoms with Gasteiger partial charge in [0.05, 0.1) is 0 Å². The van der Waals surface area contributed by atoms with Gasteiger partial charge in [-0.3, -0.25) is 4.79 Å². The molecule has 0 bridgehead atoms. The van der Waals surface area contributed by atoms with Crippen molar-refractivity contribution in [3.63, 3.8) is 0 Å². The zero-order chi connectivity index (χ0) is 21.3. The number of aryl methyl sites for hydroxylation is 1. The maximum atomic E-state index is 13.1. The molecule has 0 unspecified atom stereocenters. The third-order valence-electron chi connectivity index (χ3n) is 5.91. The topological polar surface area (TPSA) is 57.5 Å². The molecule has 0 heterocycles. The van der Waals surface area contributed by atoms with Crippen LogP contribution in [0.2, 0.25) is 0 Å². The van der Waals surface area contributed by atoms with Crippen molar-refractivity contribution >= 4 is 18.4 Å². The molecule has 150 valence electrons. The molecule has 0 saturated heterocycles. The van der Waals surface area contributed by atoms with Gasteiger partial charge in [-0.2, -0.15) is 0 Å². The van der Waals surface area contributed by atoms with Crippen LogP contribution in [0.5, 0.6) is 0 Å². The molecule has 1 aliphatic carbocycles. The largest absolute Gasteiger partial charge is 0.488 e. The van der Waals surface area contributed by atoms with Gasteiger partial charge in [0, 0.05) is 11.1 Å². The van der Waals surface area contributed by atoms with Crippen LogP contribution in [-0.4, -0.2) is 22.9 Å². The van der Waals surface area contributed by atoms with E-state index in [9.17, 15) is 14.8 Å². The second-order valence-corrected chi connectivity index (χ2v) is 8.81. The Labute approximate surface area is 170 Å². The summed E-state index contributed by atoms with van der Waals surface area (Å²) in [4.78, 5) is 13.1. The molecule has 4 heteroatoms.